The van der Waals surface area contributed by atoms with Crippen LogP contribution < -0.4 is 10.5 Å². The van der Waals surface area contributed by atoms with Crippen LogP contribution in [0.3, 0.4) is 0 Å². The Kier molecular flexibility index (Phi) is 3.97. The molecule has 1 aliphatic carbocycles. The van der Waals surface area contributed by atoms with Crippen molar-refractivity contribution in [2.75, 3.05) is 7.11 Å². The van der Waals surface area contributed by atoms with E-state index in [1.807, 2.05) is 0 Å². The van der Waals surface area contributed by atoms with Gasteiger partial charge in [0.15, 0.2) is 5.78 Å². The second kappa shape index (κ2) is 5.48. The zero-order valence-corrected chi connectivity index (χ0v) is 10.8. The summed E-state index contributed by atoms with van der Waals surface area (Å²) in [6.45, 7) is 0. The Balaban J connectivity index is 2.06. The van der Waals surface area contributed by atoms with E-state index in [-0.39, 0.29) is 11.3 Å². The molecule has 18 heavy (non-hydrogen) atoms. The van der Waals surface area contributed by atoms with Crippen LogP contribution in [-0.4, -0.2) is 23.4 Å². The molecule has 1 saturated carbocycles. The molecule has 1 aliphatic rings. The van der Waals surface area contributed by atoms with E-state index < -0.39 is 0 Å². The topological polar surface area (TPSA) is 65.2 Å². The average molecular weight is 248 g/mol. The predicted molar refractivity (Wildman–Crippen MR) is 69.7 cm³/mol. The zero-order valence-electron chi connectivity index (χ0n) is 10.8. The van der Waals surface area contributed by atoms with Gasteiger partial charge in [0.1, 0.15) is 5.75 Å². The van der Waals surface area contributed by atoms with Crippen molar-refractivity contribution in [2.45, 2.75) is 44.1 Å². The monoisotopic (exact) mass is 248 g/mol. The van der Waals surface area contributed by atoms with Gasteiger partial charge in [-0.25, -0.2) is 0 Å². The molecule has 0 unspecified atom stereocenters. The summed E-state index contributed by atoms with van der Waals surface area (Å²) >= 11 is 0. The number of aromatic nitrogens is 1. The smallest absolute Gasteiger partial charge is 0.166 e. The highest BCUT2D eigenvalue weighted by atomic mass is 16.5. The summed E-state index contributed by atoms with van der Waals surface area (Å²) in [5, 5.41) is 0. The van der Waals surface area contributed by atoms with Crippen molar-refractivity contribution in [3.63, 3.8) is 0 Å². The third-order valence-electron chi connectivity index (χ3n) is 3.63. The van der Waals surface area contributed by atoms with Crippen molar-refractivity contribution in [2.24, 2.45) is 5.73 Å². The Bertz CT molecular complexity index is 426. The Morgan fingerprint density at radius 3 is 2.78 bits per heavy atom. The number of Topliss-reactive ketones (excluding diaryl/α,β-unsaturated/α-hetero) is 1. The number of ether oxygens (including phenoxy) is 1. The van der Waals surface area contributed by atoms with E-state index in [0.717, 1.165) is 25.7 Å². The maximum atomic E-state index is 12.2. The molecular formula is C14H20N2O2. The van der Waals surface area contributed by atoms with Gasteiger partial charge in [-0.15, -0.1) is 0 Å². The molecule has 1 aromatic rings. The molecule has 0 aromatic carbocycles. The Labute approximate surface area is 108 Å². The van der Waals surface area contributed by atoms with Crippen LogP contribution in [0.4, 0.5) is 0 Å². The van der Waals surface area contributed by atoms with Crippen LogP contribution in [0.1, 0.15) is 48.9 Å². The number of ketones is 1. The van der Waals surface area contributed by atoms with Crippen LogP contribution in [-0.2, 0) is 0 Å². The molecule has 0 aliphatic heterocycles. The van der Waals surface area contributed by atoms with Gasteiger partial charge in [0.25, 0.3) is 0 Å². The van der Waals surface area contributed by atoms with Gasteiger partial charge in [0.05, 0.1) is 13.3 Å². The van der Waals surface area contributed by atoms with Crippen molar-refractivity contribution in [1.82, 2.24) is 4.98 Å². The normalized spacial score (nSPS) is 18.3. The first kappa shape index (κ1) is 13.0. The third kappa shape index (κ3) is 3.07. The number of hydrogen-bond acceptors (Lipinski definition) is 4. The first-order valence-electron chi connectivity index (χ1n) is 6.44. The number of nitrogens with zero attached hydrogens (tertiary/aromatic N) is 1. The summed E-state index contributed by atoms with van der Waals surface area (Å²) in [5.74, 6) is 0.668. The fourth-order valence-electron chi connectivity index (χ4n) is 2.54. The highest BCUT2D eigenvalue weighted by Crippen LogP contribution is 2.30. The van der Waals surface area contributed by atoms with Gasteiger partial charge in [-0.3, -0.25) is 9.78 Å². The number of pyridine rings is 1. The van der Waals surface area contributed by atoms with Gasteiger partial charge in [-0.2, -0.15) is 0 Å². The number of carbonyl (C=O) groups is 1. The number of nitrogens with two attached hydrogens (primary N) is 1. The van der Waals surface area contributed by atoms with Crippen LogP contribution in [0.5, 0.6) is 5.75 Å². The number of rotatable bonds is 4. The van der Waals surface area contributed by atoms with Crippen molar-refractivity contribution in [3.8, 4) is 5.75 Å². The van der Waals surface area contributed by atoms with Crippen LogP contribution in [0, 0.1) is 0 Å². The van der Waals surface area contributed by atoms with E-state index in [0.29, 0.717) is 17.7 Å². The highest BCUT2D eigenvalue weighted by Gasteiger charge is 2.30. The molecule has 2 N–H and O–H groups in total. The SMILES string of the molecule is COc1cncc(C(=O)CC2(N)CCCCC2)c1. The van der Waals surface area contributed by atoms with Gasteiger partial charge in [-0.05, 0) is 18.9 Å². The first-order valence-corrected chi connectivity index (χ1v) is 6.44. The minimum atomic E-state index is -0.321. The third-order valence-corrected chi connectivity index (χ3v) is 3.63. The lowest BCUT2D eigenvalue weighted by Gasteiger charge is -2.32. The summed E-state index contributed by atoms with van der Waals surface area (Å²) in [7, 11) is 1.57. The van der Waals surface area contributed by atoms with Crippen LogP contribution in [0.15, 0.2) is 18.5 Å². The summed E-state index contributed by atoms with van der Waals surface area (Å²) in [5.41, 5.74) is 6.56. The molecule has 1 heterocycles. The Morgan fingerprint density at radius 2 is 2.11 bits per heavy atom. The number of carbonyl (C=O) groups excluding carboxylic acids is 1. The van der Waals surface area contributed by atoms with E-state index in [1.54, 1.807) is 25.6 Å². The minimum absolute atomic E-state index is 0.0609. The number of methoxy groups -OCH3 is 1. The molecule has 0 atom stereocenters. The fraction of sp³-hybridized carbons (Fsp3) is 0.571. The summed E-state index contributed by atoms with van der Waals surface area (Å²) in [6.07, 6.45) is 8.94. The Morgan fingerprint density at radius 1 is 1.39 bits per heavy atom. The molecule has 0 spiro atoms. The zero-order chi connectivity index (χ0) is 13.0. The van der Waals surface area contributed by atoms with Crippen molar-refractivity contribution < 1.29 is 9.53 Å². The Hall–Kier alpha value is -1.42. The minimum Gasteiger partial charge on any atom is -0.495 e. The average Bonchev–Trinajstić information content (AvgIpc) is 2.39. The van der Waals surface area contributed by atoms with Crippen molar-refractivity contribution >= 4 is 5.78 Å². The standard InChI is InChI=1S/C14H20N2O2/c1-18-12-7-11(9-16-10-12)13(17)8-14(15)5-3-2-4-6-14/h7,9-10H,2-6,8,15H2,1H3. The molecule has 1 aromatic heterocycles. The molecular weight excluding hydrogens is 228 g/mol. The van der Waals surface area contributed by atoms with Crippen LogP contribution >= 0.6 is 0 Å². The van der Waals surface area contributed by atoms with Crippen LogP contribution in [0.25, 0.3) is 0 Å². The quantitative estimate of drug-likeness (QED) is 0.830. The van der Waals surface area contributed by atoms with Gasteiger partial charge in [-0.1, -0.05) is 19.3 Å². The molecule has 0 radical (unpaired) electrons. The summed E-state index contributed by atoms with van der Waals surface area (Å²) in [4.78, 5) is 16.2. The van der Waals surface area contributed by atoms with Gasteiger partial charge >= 0.3 is 0 Å². The van der Waals surface area contributed by atoms with Crippen molar-refractivity contribution in [3.05, 3.63) is 24.0 Å². The molecule has 4 nitrogen and oxygen atoms in total. The van der Waals surface area contributed by atoms with Crippen molar-refractivity contribution in [1.29, 1.82) is 0 Å². The lowest BCUT2D eigenvalue weighted by Crippen LogP contribution is -2.43. The second-order valence-electron chi connectivity index (χ2n) is 5.14. The molecule has 98 valence electrons. The second-order valence-corrected chi connectivity index (χ2v) is 5.14. The van der Waals surface area contributed by atoms with E-state index >= 15 is 0 Å². The lowest BCUT2D eigenvalue weighted by molar-refractivity contribution is 0.0934. The van der Waals surface area contributed by atoms with E-state index in [2.05, 4.69) is 4.98 Å². The highest BCUT2D eigenvalue weighted by molar-refractivity contribution is 5.96. The summed E-state index contributed by atoms with van der Waals surface area (Å²) < 4.78 is 5.07. The molecule has 2 rings (SSSR count). The largest absolute Gasteiger partial charge is 0.495 e. The van der Waals surface area contributed by atoms with E-state index in [9.17, 15) is 4.79 Å². The van der Waals surface area contributed by atoms with Gasteiger partial charge in [0.2, 0.25) is 0 Å². The summed E-state index contributed by atoms with van der Waals surface area (Å²) in [6, 6.07) is 1.72. The maximum Gasteiger partial charge on any atom is 0.166 e. The predicted octanol–water partition coefficient (Wildman–Crippen LogP) is 2.32. The molecule has 1 fully saturated rings. The molecule has 0 bridgehead atoms. The van der Waals surface area contributed by atoms with Gasteiger partial charge < -0.3 is 10.5 Å². The maximum absolute atomic E-state index is 12.2. The van der Waals surface area contributed by atoms with E-state index in [4.69, 9.17) is 10.5 Å². The van der Waals surface area contributed by atoms with E-state index in [1.165, 1.54) is 6.42 Å². The first-order chi connectivity index (χ1) is 8.63. The lowest BCUT2D eigenvalue weighted by atomic mass is 9.78. The van der Waals surface area contributed by atoms with Gasteiger partial charge in [0, 0.05) is 23.7 Å². The molecule has 0 saturated heterocycles. The molecule has 4 heteroatoms. The van der Waals surface area contributed by atoms with Crippen LogP contribution in [0.2, 0.25) is 0 Å². The fourth-order valence-corrected chi connectivity index (χ4v) is 2.54. The number of hydrogen-bond donors (Lipinski definition) is 1. The molecule has 0 amide bonds.